The van der Waals surface area contributed by atoms with Crippen LogP contribution < -0.4 is 0 Å². The number of aromatic nitrogens is 4. The minimum atomic E-state index is 0.459. The first-order valence-corrected chi connectivity index (χ1v) is 5.90. The van der Waals surface area contributed by atoms with Gasteiger partial charge >= 0.3 is 0 Å². The van der Waals surface area contributed by atoms with E-state index in [-0.39, 0.29) is 0 Å². The Morgan fingerprint density at radius 1 is 1.29 bits per heavy atom. The van der Waals surface area contributed by atoms with Gasteiger partial charge in [-0.3, -0.25) is 9.88 Å². The van der Waals surface area contributed by atoms with E-state index in [1.165, 1.54) is 0 Å². The van der Waals surface area contributed by atoms with E-state index in [0.717, 1.165) is 31.7 Å². The predicted molar refractivity (Wildman–Crippen MR) is 63.2 cm³/mol. The first-order valence-electron chi connectivity index (χ1n) is 5.90. The van der Waals surface area contributed by atoms with Gasteiger partial charge in [-0.25, -0.2) is 4.68 Å². The first kappa shape index (κ1) is 10.4. The molecular formula is C12H15N5. The van der Waals surface area contributed by atoms with Crippen molar-refractivity contribution in [2.24, 2.45) is 0 Å². The molecule has 0 radical (unpaired) electrons. The average Bonchev–Trinajstić information content (AvgIpc) is 3.00. The van der Waals surface area contributed by atoms with Gasteiger partial charge in [0.15, 0.2) is 0 Å². The van der Waals surface area contributed by atoms with Crippen molar-refractivity contribution in [3.05, 3.63) is 42.5 Å². The van der Waals surface area contributed by atoms with Crippen molar-refractivity contribution >= 4 is 0 Å². The van der Waals surface area contributed by atoms with E-state index in [1.807, 2.05) is 29.2 Å². The molecule has 3 rings (SSSR count). The molecule has 17 heavy (non-hydrogen) atoms. The second kappa shape index (κ2) is 4.63. The lowest BCUT2D eigenvalue weighted by molar-refractivity contribution is 0.307. The van der Waals surface area contributed by atoms with Crippen molar-refractivity contribution in [2.45, 2.75) is 19.0 Å². The molecule has 0 spiro atoms. The van der Waals surface area contributed by atoms with E-state index in [4.69, 9.17) is 0 Å². The molecule has 1 fully saturated rings. The fraction of sp³-hybridized carbons (Fsp3) is 0.417. The third-order valence-corrected chi connectivity index (χ3v) is 3.17. The Bertz CT molecular complexity index is 453. The van der Waals surface area contributed by atoms with Crippen LogP contribution in [-0.4, -0.2) is 38.0 Å². The van der Waals surface area contributed by atoms with Crippen LogP contribution in [-0.2, 0) is 6.54 Å². The SMILES string of the molecule is c1ccc(CN2CCC(n3ccnn3)C2)nc1. The lowest BCUT2D eigenvalue weighted by Crippen LogP contribution is -2.21. The molecule has 3 heterocycles. The van der Waals surface area contributed by atoms with Gasteiger partial charge in [0, 0.05) is 32.0 Å². The van der Waals surface area contributed by atoms with Crippen LogP contribution in [0.5, 0.6) is 0 Å². The Labute approximate surface area is 100 Å². The van der Waals surface area contributed by atoms with Crippen molar-refractivity contribution in [1.82, 2.24) is 24.9 Å². The molecule has 1 unspecified atom stereocenters. The van der Waals surface area contributed by atoms with E-state index in [9.17, 15) is 0 Å². The van der Waals surface area contributed by atoms with Gasteiger partial charge in [0.25, 0.3) is 0 Å². The van der Waals surface area contributed by atoms with E-state index in [2.05, 4.69) is 26.3 Å². The lowest BCUT2D eigenvalue weighted by atomic mass is 10.3. The fourth-order valence-electron chi connectivity index (χ4n) is 2.30. The minimum absolute atomic E-state index is 0.459. The number of pyridine rings is 1. The van der Waals surface area contributed by atoms with E-state index >= 15 is 0 Å². The summed E-state index contributed by atoms with van der Waals surface area (Å²) in [7, 11) is 0. The van der Waals surface area contributed by atoms with E-state index in [0.29, 0.717) is 6.04 Å². The molecule has 0 aliphatic carbocycles. The third kappa shape index (κ3) is 2.34. The lowest BCUT2D eigenvalue weighted by Gasteiger charge is -2.15. The Kier molecular flexibility index (Phi) is 2.83. The zero-order valence-electron chi connectivity index (χ0n) is 9.61. The van der Waals surface area contributed by atoms with Crippen molar-refractivity contribution in [3.63, 3.8) is 0 Å². The fourth-order valence-corrected chi connectivity index (χ4v) is 2.30. The minimum Gasteiger partial charge on any atom is -0.295 e. The third-order valence-electron chi connectivity index (χ3n) is 3.17. The summed E-state index contributed by atoms with van der Waals surface area (Å²) in [4.78, 5) is 6.76. The molecule has 0 N–H and O–H groups in total. The summed E-state index contributed by atoms with van der Waals surface area (Å²) >= 11 is 0. The summed E-state index contributed by atoms with van der Waals surface area (Å²) < 4.78 is 1.96. The van der Waals surface area contributed by atoms with Crippen LogP contribution in [0.15, 0.2) is 36.8 Å². The largest absolute Gasteiger partial charge is 0.295 e. The summed E-state index contributed by atoms with van der Waals surface area (Å²) in [5.41, 5.74) is 1.13. The van der Waals surface area contributed by atoms with E-state index < -0.39 is 0 Å². The van der Waals surface area contributed by atoms with E-state index in [1.54, 1.807) is 6.20 Å². The molecule has 5 heteroatoms. The highest BCUT2D eigenvalue weighted by atomic mass is 15.4. The van der Waals surface area contributed by atoms with Gasteiger partial charge in [-0.2, -0.15) is 0 Å². The van der Waals surface area contributed by atoms with Gasteiger partial charge < -0.3 is 0 Å². The average molecular weight is 229 g/mol. The molecule has 0 amide bonds. The maximum absolute atomic E-state index is 4.35. The normalized spacial score (nSPS) is 20.8. The van der Waals surface area contributed by atoms with Crippen molar-refractivity contribution < 1.29 is 0 Å². The van der Waals surface area contributed by atoms with Crippen LogP contribution in [0.4, 0.5) is 0 Å². The molecule has 0 bridgehead atoms. The predicted octanol–water partition coefficient (Wildman–Crippen LogP) is 1.12. The zero-order valence-corrected chi connectivity index (χ0v) is 9.61. The molecule has 88 valence electrons. The monoisotopic (exact) mass is 229 g/mol. The quantitative estimate of drug-likeness (QED) is 0.791. The molecule has 1 aliphatic rings. The molecule has 2 aromatic heterocycles. The van der Waals surface area contributed by atoms with Crippen LogP contribution in [0.3, 0.4) is 0 Å². The molecule has 1 saturated heterocycles. The summed E-state index contributed by atoms with van der Waals surface area (Å²) in [5.74, 6) is 0. The van der Waals surface area contributed by atoms with Gasteiger partial charge in [-0.1, -0.05) is 11.3 Å². The van der Waals surface area contributed by atoms with Crippen LogP contribution in [0.2, 0.25) is 0 Å². The Morgan fingerprint density at radius 3 is 3.06 bits per heavy atom. The number of hydrogen-bond acceptors (Lipinski definition) is 4. The first-order chi connectivity index (χ1) is 8.42. The van der Waals surface area contributed by atoms with Gasteiger partial charge in [0.05, 0.1) is 17.9 Å². The number of likely N-dealkylation sites (tertiary alicyclic amines) is 1. The standard InChI is InChI=1S/C12H15N5/c1-2-5-13-11(3-1)9-16-7-4-12(10-16)17-8-6-14-15-17/h1-3,5-6,8,12H,4,7,9-10H2. The topological polar surface area (TPSA) is 46.8 Å². The Hall–Kier alpha value is -1.75. The summed E-state index contributed by atoms with van der Waals surface area (Å²) in [6.45, 7) is 3.05. The van der Waals surface area contributed by atoms with Crippen molar-refractivity contribution in [2.75, 3.05) is 13.1 Å². The second-order valence-corrected chi connectivity index (χ2v) is 4.38. The maximum atomic E-state index is 4.35. The smallest absolute Gasteiger partial charge is 0.0693 e. The Morgan fingerprint density at radius 2 is 2.29 bits per heavy atom. The van der Waals surface area contributed by atoms with Gasteiger partial charge in [-0.15, -0.1) is 5.10 Å². The summed E-state index contributed by atoms with van der Waals surface area (Å²) in [6.07, 6.45) is 6.66. The zero-order chi connectivity index (χ0) is 11.5. The molecule has 1 aliphatic heterocycles. The van der Waals surface area contributed by atoms with Gasteiger partial charge in [0.1, 0.15) is 0 Å². The highest BCUT2D eigenvalue weighted by molar-refractivity contribution is 5.03. The van der Waals surface area contributed by atoms with Crippen LogP contribution in [0.1, 0.15) is 18.2 Å². The highest BCUT2D eigenvalue weighted by Crippen LogP contribution is 2.21. The van der Waals surface area contributed by atoms with Crippen molar-refractivity contribution in [3.8, 4) is 0 Å². The van der Waals surface area contributed by atoms with Crippen LogP contribution >= 0.6 is 0 Å². The number of rotatable bonds is 3. The van der Waals surface area contributed by atoms with Crippen LogP contribution in [0, 0.1) is 0 Å². The second-order valence-electron chi connectivity index (χ2n) is 4.38. The van der Waals surface area contributed by atoms with Gasteiger partial charge in [0.2, 0.25) is 0 Å². The molecule has 0 saturated carbocycles. The Balaban J connectivity index is 1.61. The maximum Gasteiger partial charge on any atom is 0.0693 e. The number of hydrogen-bond donors (Lipinski definition) is 0. The molecule has 0 aromatic carbocycles. The van der Waals surface area contributed by atoms with Crippen molar-refractivity contribution in [1.29, 1.82) is 0 Å². The number of nitrogens with zero attached hydrogens (tertiary/aromatic N) is 5. The summed E-state index contributed by atoms with van der Waals surface area (Å²) in [6, 6.07) is 6.52. The molecule has 2 aromatic rings. The highest BCUT2D eigenvalue weighted by Gasteiger charge is 2.24. The molecular weight excluding hydrogens is 214 g/mol. The molecule has 1 atom stereocenters. The summed E-state index contributed by atoms with van der Waals surface area (Å²) in [5, 5.41) is 7.92. The molecule has 5 nitrogen and oxygen atoms in total. The van der Waals surface area contributed by atoms with Gasteiger partial charge in [-0.05, 0) is 18.6 Å². The van der Waals surface area contributed by atoms with Crippen LogP contribution in [0.25, 0.3) is 0 Å².